The van der Waals surface area contributed by atoms with Crippen molar-refractivity contribution in [1.82, 2.24) is 14.9 Å². The first-order chi connectivity index (χ1) is 12.9. The summed E-state index contributed by atoms with van der Waals surface area (Å²) in [6.07, 6.45) is 1.71. The molecule has 27 heavy (non-hydrogen) atoms. The van der Waals surface area contributed by atoms with Crippen LogP contribution in [-0.4, -0.2) is 35.6 Å². The molecule has 0 bridgehead atoms. The Morgan fingerprint density at radius 3 is 2.30 bits per heavy atom. The average Bonchev–Trinajstić information content (AvgIpc) is 2.63. The first kappa shape index (κ1) is 20.4. The molecule has 8 nitrogen and oxygen atoms in total. The molecule has 1 aromatic heterocycles. The van der Waals surface area contributed by atoms with Gasteiger partial charge < -0.3 is 9.47 Å². The molecule has 0 unspecified atom stereocenters. The summed E-state index contributed by atoms with van der Waals surface area (Å²) in [4.78, 5) is 40.7. The van der Waals surface area contributed by atoms with Gasteiger partial charge in [0.25, 0.3) is 5.56 Å². The summed E-state index contributed by atoms with van der Waals surface area (Å²) in [6, 6.07) is 2.42. The minimum Gasteiger partial charge on any atom is -0.493 e. The van der Waals surface area contributed by atoms with Crippen molar-refractivity contribution >= 4 is 22.7 Å². The summed E-state index contributed by atoms with van der Waals surface area (Å²) in [6.45, 7) is 5.90. The quantitative estimate of drug-likeness (QED) is 0.825. The second-order valence-electron chi connectivity index (χ2n) is 6.23. The lowest BCUT2D eigenvalue weighted by atomic mass is 10.1. The van der Waals surface area contributed by atoms with Crippen molar-refractivity contribution in [2.24, 2.45) is 0 Å². The molecule has 2 heterocycles. The molecule has 0 radical (unpaired) electrons. The van der Waals surface area contributed by atoms with E-state index in [1.54, 1.807) is 19.1 Å². The molecule has 2 amide bonds. The van der Waals surface area contributed by atoms with Crippen molar-refractivity contribution in [3.05, 3.63) is 28.3 Å². The average molecular weight is 375 g/mol. The van der Waals surface area contributed by atoms with E-state index in [1.807, 2.05) is 0 Å². The third-order valence-electron chi connectivity index (χ3n) is 4.10. The standard InChI is InChI=1S/C16H17N3O5.C3H8/c1-8-17-10-7-13(24-3)12(23-2)6-9(10)16(22)19(8)11-4-5-14(20)18-15(11)21;1-3-2/h6-7,11H,4-5H2,1-3H3,(H,18,20,21);3H2,1-2H3/t11-;/m0./s1. The van der Waals surface area contributed by atoms with Crippen LogP contribution < -0.4 is 20.3 Å². The van der Waals surface area contributed by atoms with Crippen molar-refractivity contribution in [1.29, 1.82) is 0 Å². The number of carbonyl (C=O) groups is 2. The van der Waals surface area contributed by atoms with Crippen molar-refractivity contribution in [2.75, 3.05) is 14.2 Å². The molecule has 1 N–H and O–H groups in total. The summed E-state index contributed by atoms with van der Waals surface area (Å²) in [5.41, 5.74) is 0.103. The molecular formula is C19H25N3O5. The first-order valence-corrected chi connectivity index (χ1v) is 8.86. The van der Waals surface area contributed by atoms with Gasteiger partial charge in [-0.1, -0.05) is 20.3 Å². The van der Waals surface area contributed by atoms with Gasteiger partial charge in [-0.05, 0) is 19.4 Å². The SMILES string of the molecule is CCC.COc1cc2nc(C)n([C@H]3CCC(=O)NC3=O)c(=O)c2cc1OC. The van der Waals surface area contributed by atoms with Gasteiger partial charge >= 0.3 is 0 Å². The number of aryl methyl sites for hydroxylation is 1. The normalized spacial score (nSPS) is 16.4. The minimum atomic E-state index is -0.750. The third kappa shape index (κ3) is 4.10. The van der Waals surface area contributed by atoms with Crippen LogP contribution in [-0.2, 0) is 9.59 Å². The zero-order valence-electron chi connectivity index (χ0n) is 16.3. The number of methoxy groups -OCH3 is 2. The van der Waals surface area contributed by atoms with Gasteiger partial charge in [0, 0.05) is 12.5 Å². The van der Waals surface area contributed by atoms with E-state index >= 15 is 0 Å². The Labute approximate surface area is 157 Å². The van der Waals surface area contributed by atoms with Gasteiger partial charge in [-0.2, -0.15) is 0 Å². The third-order valence-corrected chi connectivity index (χ3v) is 4.10. The molecule has 8 heteroatoms. The highest BCUT2D eigenvalue weighted by atomic mass is 16.5. The molecule has 1 aromatic carbocycles. The fourth-order valence-electron chi connectivity index (χ4n) is 2.93. The fourth-order valence-corrected chi connectivity index (χ4v) is 2.93. The van der Waals surface area contributed by atoms with Crippen molar-refractivity contribution < 1.29 is 19.1 Å². The number of benzene rings is 1. The number of ether oxygens (including phenoxy) is 2. The molecule has 146 valence electrons. The van der Waals surface area contributed by atoms with Gasteiger partial charge in [-0.15, -0.1) is 0 Å². The van der Waals surface area contributed by atoms with Crippen molar-refractivity contribution in [3.63, 3.8) is 0 Å². The van der Waals surface area contributed by atoms with Crippen LogP contribution in [0.4, 0.5) is 0 Å². The van der Waals surface area contributed by atoms with Crippen LogP contribution >= 0.6 is 0 Å². The van der Waals surface area contributed by atoms with Gasteiger partial charge in [0.2, 0.25) is 11.8 Å². The molecule has 1 atom stereocenters. The van der Waals surface area contributed by atoms with Crippen LogP contribution in [0.15, 0.2) is 16.9 Å². The van der Waals surface area contributed by atoms with Gasteiger partial charge in [-0.3, -0.25) is 24.3 Å². The Hall–Kier alpha value is -2.90. The van der Waals surface area contributed by atoms with E-state index in [-0.39, 0.29) is 24.3 Å². The van der Waals surface area contributed by atoms with E-state index in [4.69, 9.17) is 9.47 Å². The predicted molar refractivity (Wildman–Crippen MR) is 101 cm³/mol. The van der Waals surface area contributed by atoms with Gasteiger partial charge in [0.15, 0.2) is 11.5 Å². The number of nitrogens with zero attached hydrogens (tertiary/aromatic N) is 2. The number of imide groups is 1. The second-order valence-corrected chi connectivity index (χ2v) is 6.23. The fraction of sp³-hybridized carbons (Fsp3) is 0.474. The molecule has 1 aliphatic heterocycles. The molecule has 3 rings (SSSR count). The molecule has 0 spiro atoms. The Morgan fingerprint density at radius 1 is 1.15 bits per heavy atom. The Morgan fingerprint density at radius 2 is 1.74 bits per heavy atom. The maximum absolute atomic E-state index is 12.9. The first-order valence-electron chi connectivity index (χ1n) is 8.86. The van der Waals surface area contributed by atoms with Crippen LogP contribution in [0.25, 0.3) is 10.9 Å². The largest absolute Gasteiger partial charge is 0.493 e. The molecule has 2 aromatic rings. The van der Waals surface area contributed by atoms with Crippen LogP contribution in [0, 0.1) is 6.92 Å². The van der Waals surface area contributed by atoms with Crippen molar-refractivity contribution in [3.8, 4) is 11.5 Å². The summed E-state index contributed by atoms with van der Waals surface area (Å²) >= 11 is 0. The molecule has 1 saturated heterocycles. The summed E-state index contributed by atoms with van der Waals surface area (Å²) < 4.78 is 11.8. The molecule has 0 saturated carbocycles. The van der Waals surface area contributed by atoms with E-state index in [9.17, 15) is 14.4 Å². The van der Waals surface area contributed by atoms with E-state index < -0.39 is 11.9 Å². The Balaban J connectivity index is 0.000000817. The topological polar surface area (TPSA) is 99.5 Å². The van der Waals surface area contributed by atoms with Crippen molar-refractivity contribution in [2.45, 2.75) is 46.1 Å². The highest BCUT2D eigenvalue weighted by Gasteiger charge is 2.30. The van der Waals surface area contributed by atoms with E-state index in [1.165, 1.54) is 25.2 Å². The maximum atomic E-state index is 12.9. The van der Waals surface area contributed by atoms with Crippen LogP contribution in [0.3, 0.4) is 0 Å². The summed E-state index contributed by atoms with van der Waals surface area (Å²) in [5, 5.41) is 2.58. The number of rotatable bonds is 3. The lowest BCUT2D eigenvalue weighted by Crippen LogP contribution is -2.45. The minimum absolute atomic E-state index is 0.187. The summed E-state index contributed by atoms with van der Waals surface area (Å²) in [7, 11) is 2.98. The lowest BCUT2D eigenvalue weighted by molar-refractivity contribution is -0.135. The number of piperidine rings is 1. The van der Waals surface area contributed by atoms with E-state index in [0.29, 0.717) is 28.2 Å². The van der Waals surface area contributed by atoms with Crippen LogP contribution in [0.1, 0.15) is 45.0 Å². The maximum Gasteiger partial charge on any atom is 0.262 e. The number of hydrogen-bond donors (Lipinski definition) is 1. The zero-order chi connectivity index (χ0) is 20.1. The number of aromatic nitrogens is 2. The van der Waals surface area contributed by atoms with Gasteiger partial charge in [0.05, 0.1) is 25.1 Å². The number of amides is 2. The number of nitrogens with one attached hydrogen (secondary N) is 1. The summed E-state index contributed by atoms with van der Waals surface area (Å²) in [5.74, 6) is 0.451. The smallest absolute Gasteiger partial charge is 0.262 e. The molecule has 1 fully saturated rings. The molecule has 0 aliphatic carbocycles. The predicted octanol–water partition coefficient (Wildman–Crippen LogP) is 2.12. The second kappa shape index (κ2) is 8.66. The highest BCUT2D eigenvalue weighted by Crippen LogP contribution is 2.30. The lowest BCUT2D eigenvalue weighted by Gasteiger charge is -2.24. The number of carbonyl (C=O) groups excluding carboxylic acids is 2. The number of fused-ring (bicyclic) bond motifs is 1. The number of hydrogen-bond acceptors (Lipinski definition) is 6. The molecular weight excluding hydrogens is 350 g/mol. The molecule has 1 aliphatic rings. The Bertz CT molecular complexity index is 920. The van der Waals surface area contributed by atoms with Gasteiger partial charge in [-0.25, -0.2) is 4.98 Å². The monoisotopic (exact) mass is 375 g/mol. The Kier molecular flexibility index (Phi) is 6.55. The van der Waals surface area contributed by atoms with E-state index in [2.05, 4.69) is 24.1 Å². The zero-order valence-corrected chi connectivity index (χ0v) is 16.3. The van der Waals surface area contributed by atoms with Gasteiger partial charge in [0.1, 0.15) is 11.9 Å². The van der Waals surface area contributed by atoms with Crippen LogP contribution in [0.5, 0.6) is 11.5 Å². The van der Waals surface area contributed by atoms with Crippen LogP contribution in [0.2, 0.25) is 0 Å². The van der Waals surface area contributed by atoms with E-state index in [0.717, 1.165) is 0 Å². The highest BCUT2D eigenvalue weighted by molar-refractivity contribution is 5.99.